The predicted molar refractivity (Wildman–Crippen MR) is 152 cm³/mol. The number of amides is 1. The van der Waals surface area contributed by atoms with Crippen molar-refractivity contribution in [2.75, 3.05) is 24.6 Å². The van der Waals surface area contributed by atoms with Gasteiger partial charge in [0.05, 0.1) is 16.8 Å². The fourth-order valence-corrected chi connectivity index (χ4v) is 5.50. The predicted octanol–water partition coefficient (Wildman–Crippen LogP) is 5.89. The number of nitrogens with two attached hydrogens (primary N) is 1. The third kappa shape index (κ3) is 5.17. The van der Waals surface area contributed by atoms with Gasteiger partial charge in [-0.15, -0.1) is 0 Å². The van der Waals surface area contributed by atoms with Crippen LogP contribution >= 0.6 is 0 Å². The minimum absolute atomic E-state index is 0.0880. The summed E-state index contributed by atoms with van der Waals surface area (Å²) >= 11 is 0. The van der Waals surface area contributed by atoms with Crippen LogP contribution in [0, 0.1) is 0 Å². The van der Waals surface area contributed by atoms with Crippen molar-refractivity contribution in [1.29, 1.82) is 0 Å². The van der Waals surface area contributed by atoms with Gasteiger partial charge in [-0.1, -0.05) is 37.8 Å². The van der Waals surface area contributed by atoms with Gasteiger partial charge in [-0.3, -0.25) is 4.79 Å². The number of nitrogen functional groups attached to an aromatic ring is 1. The van der Waals surface area contributed by atoms with Crippen LogP contribution in [0.2, 0.25) is 0 Å². The van der Waals surface area contributed by atoms with Gasteiger partial charge in [-0.2, -0.15) is 17.5 Å². The van der Waals surface area contributed by atoms with E-state index in [1.165, 1.54) is 25.4 Å². The van der Waals surface area contributed by atoms with E-state index in [0.717, 1.165) is 18.3 Å². The highest BCUT2D eigenvalue weighted by atomic mass is 32.2. The third-order valence-corrected chi connectivity index (χ3v) is 8.52. The van der Waals surface area contributed by atoms with Crippen molar-refractivity contribution in [3.05, 3.63) is 67.0 Å². The van der Waals surface area contributed by atoms with E-state index < -0.39 is 15.4 Å². The Hall–Kier alpha value is -4.23. The number of aromatic nitrogens is 3. The summed E-state index contributed by atoms with van der Waals surface area (Å²) in [6.45, 7) is 6.61. The average Bonchev–Trinajstić information content (AvgIpc) is 3.21. The van der Waals surface area contributed by atoms with Gasteiger partial charge in [0, 0.05) is 37.5 Å². The number of nitrogens with one attached hydrogen (secondary N) is 1. The lowest BCUT2D eigenvalue weighted by molar-refractivity contribution is -0.112. The molecule has 13 heteroatoms. The van der Waals surface area contributed by atoms with Crippen molar-refractivity contribution in [2.24, 2.45) is 11.4 Å². The highest BCUT2D eigenvalue weighted by Crippen LogP contribution is 2.42. The van der Waals surface area contributed by atoms with Crippen LogP contribution in [0.4, 0.5) is 30.4 Å². The second kappa shape index (κ2) is 10.7. The number of alkyl halides is 3. The molecule has 0 saturated heterocycles. The van der Waals surface area contributed by atoms with Gasteiger partial charge in [-0.25, -0.2) is 18.5 Å². The van der Waals surface area contributed by atoms with E-state index >= 15 is 0 Å². The normalized spacial score (nSPS) is 13.3. The molecule has 0 fully saturated rings. The van der Waals surface area contributed by atoms with Crippen LogP contribution in [0.25, 0.3) is 33.4 Å². The fourth-order valence-electron chi connectivity index (χ4n) is 4.15. The summed E-state index contributed by atoms with van der Waals surface area (Å²) in [5.74, 6) is -0.0724. The van der Waals surface area contributed by atoms with E-state index in [2.05, 4.69) is 26.2 Å². The quantitative estimate of drug-likeness (QED) is 0.268. The van der Waals surface area contributed by atoms with Gasteiger partial charge in [0.15, 0.2) is 0 Å². The molecule has 0 aliphatic rings. The molecule has 1 unspecified atom stereocenters. The van der Waals surface area contributed by atoms with E-state index in [-0.39, 0.29) is 24.0 Å². The van der Waals surface area contributed by atoms with Crippen LogP contribution in [0.15, 0.2) is 71.4 Å². The van der Waals surface area contributed by atoms with Crippen LogP contribution in [-0.4, -0.2) is 48.1 Å². The molecule has 2 heterocycles. The highest BCUT2D eigenvalue weighted by molar-refractivity contribution is 7.92. The van der Waals surface area contributed by atoms with E-state index in [1.807, 2.05) is 23.7 Å². The average molecular weight is 572 g/mol. The fraction of sp³-hybridized carbons (Fsp3) is 0.222. The number of halogens is 3. The van der Waals surface area contributed by atoms with Gasteiger partial charge in [0.1, 0.15) is 17.8 Å². The Balaban J connectivity index is 1.87. The summed E-state index contributed by atoms with van der Waals surface area (Å²) in [7, 11) is -1.76. The first-order valence-corrected chi connectivity index (χ1v) is 13.6. The topological polar surface area (TPSA) is 118 Å². The van der Waals surface area contributed by atoms with Crippen LogP contribution < -0.4 is 11.1 Å². The molecule has 4 rings (SSSR count). The zero-order chi connectivity index (χ0) is 29.4. The summed E-state index contributed by atoms with van der Waals surface area (Å²) in [4.78, 5) is 20.5. The van der Waals surface area contributed by atoms with Crippen LogP contribution in [0.5, 0.6) is 0 Å². The van der Waals surface area contributed by atoms with Gasteiger partial charge in [-0.05, 0) is 42.3 Å². The maximum absolute atomic E-state index is 13.7. The van der Waals surface area contributed by atoms with Gasteiger partial charge >= 0.3 is 5.51 Å². The SMILES string of the molecule is C=C(C)C(=O)Nc1ccc(-c2c(-c3ccc(N=S(=O)(N(C)CC)C(F)(F)F)cc3)c3c(N)ncnc3n2C)cc1. The van der Waals surface area contributed by atoms with Gasteiger partial charge in [0.25, 0.3) is 5.91 Å². The number of hydrogen-bond acceptors (Lipinski definition) is 6. The summed E-state index contributed by atoms with van der Waals surface area (Å²) in [5.41, 5.74) is 5.39. The van der Waals surface area contributed by atoms with E-state index in [4.69, 9.17) is 5.73 Å². The number of benzene rings is 2. The zero-order valence-corrected chi connectivity index (χ0v) is 23.1. The summed E-state index contributed by atoms with van der Waals surface area (Å²) in [6, 6.07) is 13.1. The van der Waals surface area contributed by atoms with Crippen molar-refractivity contribution in [3.63, 3.8) is 0 Å². The van der Waals surface area contributed by atoms with Crippen LogP contribution in [0.3, 0.4) is 0 Å². The number of aryl methyl sites for hydroxylation is 1. The Bertz CT molecular complexity index is 1720. The highest BCUT2D eigenvalue weighted by Gasteiger charge is 2.46. The Morgan fingerprint density at radius 1 is 1.12 bits per heavy atom. The number of nitrogens with zero attached hydrogens (tertiary/aromatic N) is 5. The molecule has 1 atom stereocenters. The summed E-state index contributed by atoms with van der Waals surface area (Å²) in [6.07, 6.45) is 1.35. The number of carbonyl (C=O) groups is 1. The van der Waals surface area contributed by atoms with E-state index in [9.17, 15) is 22.2 Å². The lowest BCUT2D eigenvalue weighted by atomic mass is 9.98. The number of rotatable bonds is 7. The maximum atomic E-state index is 13.7. The molecule has 0 radical (unpaired) electrons. The van der Waals surface area contributed by atoms with Crippen molar-refractivity contribution in [2.45, 2.75) is 19.4 Å². The largest absolute Gasteiger partial charge is 0.493 e. The van der Waals surface area contributed by atoms with E-state index in [0.29, 0.717) is 37.7 Å². The summed E-state index contributed by atoms with van der Waals surface area (Å²) in [5, 5.41) is 3.32. The monoisotopic (exact) mass is 571 g/mol. The Morgan fingerprint density at radius 3 is 2.27 bits per heavy atom. The minimum Gasteiger partial charge on any atom is -0.383 e. The van der Waals surface area contributed by atoms with Crippen LogP contribution in [0.1, 0.15) is 13.8 Å². The molecular weight excluding hydrogens is 543 g/mol. The molecule has 9 nitrogen and oxygen atoms in total. The number of fused-ring (bicyclic) bond motifs is 1. The van der Waals surface area contributed by atoms with Crippen molar-refractivity contribution in [1.82, 2.24) is 18.8 Å². The third-order valence-electron chi connectivity index (χ3n) is 6.35. The lowest BCUT2D eigenvalue weighted by Crippen LogP contribution is -2.37. The molecule has 4 aromatic rings. The lowest BCUT2D eigenvalue weighted by Gasteiger charge is -2.22. The molecule has 0 aliphatic carbocycles. The zero-order valence-electron chi connectivity index (χ0n) is 22.3. The van der Waals surface area contributed by atoms with Crippen LogP contribution in [-0.2, 0) is 21.8 Å². The molecule has 2 aromatic heterocycles. The number of hydrogen-bond donors (Lipinski definition) is 2. The van der Waals surface area contributed by atoms with Gasteiger partial charge in [0.2, 0.25) is 9.92 Å². The molecule has 0 aliphatic heterocycles. The van der Waals surface area contributed by atoms with Crippen molar-refractivity contribution in [3.8, 4) is 22.4 Å². The Labute approximate surface area is 229 Å². The Kier molecular flexibility index (Phi) is 7.72. The van der Waals surface area contributed by atoms with Crippen molar-refractivity contribution >= 4 is 44.0 Å². The molecule has 0 saturated carbocycles. The molecule has 0 spiro atoms. The van der Waals surface area contributed by atoms with E-state index in [1.54, 1.807) is 31.2 Å². The number of anilines is 2. The molecule has 0 bridgehead atoms. The molecule has 2 aromatic carbocycles. The molecule has 1 amide bonds. The number of carbonyl (C=O) groups excluding carboxylic acids is 1. The standard InChI is InChI=1S/C27H28F3N7O2S/c1-6-36(4)40(39,27(28,29)30)35-20-13-7-17(8-14-20)21-22-24(31)32-15-33-25(22)37(5)23(21)18-9-11-19(12-10-18)34-26(38)16(2)3/h7-15H,2,6H2,1,3-5H3,(H,34,38)(H2,31,32,33). The Morgan fingerprint density at radius 2 is 1.73 bits per heavy atom. The minimum atomic E-state index is -5.04. The second-order valence-corrected chi connectivity index (χ2v) is 11.3. The second-order valence-electron chi connectivity index (χ2n) is 9.08. The smallest absolute Gasteiger partial charge is 0.383 e. The molecule has 210 valence electrons. The first kappa shape index (κ1) is 28.8. The van der Waals surface area contributed by atoms with Crippen molar-refractivity contribution < 1.29 is 22.2 Å². The molecular formula is C27H28F3N7O2S. The van der Waals surface area contributed by atoms with Gasteiger partial charge < -0.3 is 15.6 Å². The first-order valence-electron chi connectivity index (χ1n) is 12.1. The summed E-state index contributed by atoms with van der Waals surface area (Å²) < 4.78 is 60.1. The maximum Gasteiger partial charge on any atom is 0.493 e. The molecule has 40 heavy (non-hydrogen) atoms. The molecule has 3 N–H and O–H groups in total. The first-order chi connectivity index (χ1) is 18.8.